The highest BCUT2D eigenvalue weighted by atomic mass is 35.5. The van der Waals surface area contributed by atoms with Crippen LogP contribution in [-0.4, -0.2) is 33.3 Å². The zero-order valence-corrected chi connectivity index (χ0v) is 19.9. The van der Waals surface area contributed by atoms with Gasteiger partial charge in [0.2, 0.25) is 0 Å². The highest BCUT2D eigenvalue weighted by Gasteiger charge is 2.27. The predicted molar refractivity (Wildman–Crippen MR) is 131 cm³/mol. The Morgan fingerprint density at radius 3 is 2.41 bits per heavy atom. The average molecular weight is 488 g/mol. The number of amides is 1. The summed E-state index contributed by atoms with van der Waals surface area (Å²) in [5, 5.41) is 4.46. The lowest BCUT2D eigenvalue weighted by Crippen LogP contribution is -2.39. The first-order chi connectivity index (χ1) is 15.3. The van der Waals surface area contributed by atoms with E-state index in [0.717, 1.165) is 14.8 Å². The Morgan fingerprint density at radius 2 is 1.78 bits per heavy atom. The van der Waals surface area contributed by atoms with Gasteiger partial charge in [-0.25, -0.2) is 13.8 Å². The molecule has 0 radical (unpaired) electrons. The number of benzene rings is 3. The summed E-state index contributed by atoms with van der Waals surface area (Å²) in [6, 6.07) is 20.5. The van der Waals surface area contributed by atoms with Crippen LogP contribution < -0.4 is 9.73 Å². The minimum Gasteiger partial charge on any atom is -0.271 e. The van der Waals surface area contributed by atoms with Crippen LogP contribution in [0.15, 0.2) is 87.7 Å². The Balaban J connectivity index is 1.84. The van der Waals surface area contributed by atoms with E-state index in [1.807, 2.05) is 13.2 Å². The second kappa shape index (κ2) is 10.7. The van der Waals surface area contributed by atoms with Crippen molar-refractivity contribution in [2.45, 2.75) is 16.7 Å². The van der Waals surface area contributed by atoms with Gasteiger partial charge in [0.1, 0.15) is 6.54 Å². The molecule has 3 aromatic carbocycles. The molecular weight excluding hydrogens is 466 g/mol. The smallest absolute Gasteiger partial charge is 0.264 e. The molecule has 1 N–H and O–H groups in total. The van der Waals surface area contributed by atoms with Crippen molar-refractivity contribution in [1.29, 1.82) is 0 Å². The summed E-state index contributed by atoms with van der Waals surface area (Å²) in [7, 11) is -3.98. The molecule has 32 heavy (non-hydrogen) atoms. The van der Waals surface area contributed by atoms with Crippen molar-refractivity contribution in [3.8, 4) is 0 Å². The van der Waals surface area contributed by atoms with Crippen molar-refractivity contribution in [3.63, 3.8) is 0 Å². The third-order valence-corrected chi connectivity index (χ3v) is 7.27. The van der Waals surface area contributed by atoms with E-state index in [2.05, 4.69) is 10.5 Å². The zero-order valence-electron chi connectivity index (χ0n) is 17.5. The molecule has 1 amide bonds. The number of halogens is 1. The molecule has 0 bridgehead atoms. The third-order valence-electron chi connectivity index (χ3n) is 4.51. The second-order valence-electron chi connectivity index (χ2n) is 6.87. The summed E-state index contributed by atoms with van der Waals surface area (Å²) < 4.78 is 27.8. The van der Waals surface area contributed by atoms with Crippen LogP contribution in [0.2, 0.25) is 5.02 Å². The number of rotatable bonds is 8. The number of aryl methyl sites for hydroxylation is 1. The SMILES string of the molecule is CSc1ccc(S(=O)(=O)N(CC(=O)N/N=C\c2cccc(Cl)c2)c2ccc(C)cc2)cc1. The molecule has 0 atom stereocenters. The molecule has 0 saturated heterocycles. The highest BCUT2D eigenvalue weighted by molar-refractivity contribution is 7.98. The van der Waals surface area contributed by atoms with Gasteiger partial charge in [-0.05, 0) is 67.3 Å². The first-order valence-electron chi connectivity index (χ1n) is 9.60. The van der Waals surface area contributed by atoms with Crippen LogP contribution in [0.1, 0.15) is 11.1 Å². The summed E-state index contributed by atoms with van der Waals surface area (Å²) >= 11 is 7.45. The number of hydrogen-bond donors (Lipinski definition) is 1. The van der Waals surface area contributed by atoms with E-state index >= 15 is 0 Å². The van der Waals surface area contributed by atoms with E-state index in [1.165, 1.54) is 30.1 Å². The first kappa shape index (κ1) is 23.8. The van der Waals surface area contributed by atoms with Crippen molar-refractivity contribution < 1.29 is 13.2 Å². The summed E-state index contributed by atoms with van der Waals surface area (Å²) in [5.41, 5.74) is 4.45. The van der Waals surface area contributed by atoms with Crippen molar-refractivity contribution in [3.05, 3.63) is 88.9 Å². The van der Waals surface area contributed by atoms with Crippen molar-refractivity contribution in [1.82, 2.24) is 5.43 Å². The minimum absolute atomic E-state index is 0.103. The molecule has 0 saturated carbocycles. The number of carbonyl (C=O) groups excluding carboxylic acids is 1. The molecule has 0 aliphatic heterocycles. The van der Waals surface area contributed by atoms with Gasteiger partial charge in [-0.3, -0.25) is 9.10 Å². The van der Waals surface area contributed by atoms with Gasteiger partial charge in [-0.2, -0.15) is 5.10 Å². The van der Waals surface area contributed by atoms with Crippen molar-refractivity contribution in [2.24, 2.45) is 5.10 Å². The number of sulfonamides is 1. The van der Waals surface area contributed by atoms with Crippen molar-refractivity contribution >= 4 is 51.2 Å². The molecule has 0 aliphatic rings. The molecule has 0 aromatic heterocycles. The normalized spacial score (nSPS) is 11.5. The number of hydrazone groups is 1. The van der Waals surface area contributed by atoms with Crippen LogP contribution in [0.25, 0.3) is 0 Å². The highest BCUT2D eigenvalue weighted by Crippen LogP contribution is 2.25. The molecule has 0 aliphatic carbocycles. The molecule has 166 valence electrons. The van der Waals surface area contributed by atoms with Crippen LogP contribution in [-0.2, 0) is 14.8 Å². The molecule has 0 fully saturated rings. The standard InChI is InChI=1S/C23H22ClN3O3S2/c1-17-6-8-20(9-7-17)27(32(29,30)22-12-10-21(31-2)11-13-22)16-23(28)26-25-15-18-4-3-5-19(24)14-18/h3-15H,16H2,1-2H3,(H,26,28)/b25-15-. The van der Waals surface area contributed by atoms with E-state index in [4.69, 9.17) is 11.6 Å². The number of nitrogens with one attached hydrogen (secondary N) is 1. The number of thioether (sulfide) groups is 1. The Hall–Kier alpha value is -2.81. The topological polar surface area (TPSA) is 78.8 Å². The Morgan fingerprint density at radius 1 is 1.09 bits per heavy atom. The molecule has 0 heterocycles. The van der Waals surface area contributed by atoms with Gasteiger partial charge >= 0.3 is 0 Å². The molecule has 6 nitrogen and oxygen atoms in total. The van der Waals surface area contributed by atoms with Crippen molar-refractivity contribution in [2.75, 3.05) is 17.1 Å². The van der Waals surface area contributed by atoms with E-state index in [-0.39, 0.29) is 4.90 Å². The predicted octanol–water partition coefficient (Wildman–Crippen LogP) is 4.72. The largest absolute Gasteiger partial charge is 0.271 e. The lowest BCUT2D eigenvalue weighted by Gasteiger charge is -2.24. The maximum atomic E-state index is 13.4. The van der Waals surface area contributed by atoms with Gasteiger partial charge in [-0.15, -0.1) is 11.8 Å². The number of hydrogen-bond acceptors (Lipinski definition) is 5. The van der Waals surface area contributed by atoms with Crippen LogP contribution in [0.3, 0.4) is 0 Å². The fourth-order valence-electron chi connectivity index (χ4n) is 2.83. The van der Waals surface area contributed by atoms with E-state index in [9.17, 15) is 13.2 Å². The van der Waals surface area contributed by atoms with Crippen LogP contribution in [0, 0.1) is 6.92 Å². The number of carbonyl (C=O) groups is 1. The Kier molecular flexibility index (Phi) is 7.95. The monoisotopic (exact) mass is 487 g/mol. The fraction of sp³-hybridized carbons (Fsp3) is 0.130. The van der Waals surface area contributed by atoms with Crippen LogP contribution in [0.4, 0.5) is 5.69 Å². The molecule has 0 spiro atoms. The summed E-state index contributed by atoms with van der Waals surface area (Å²) in [6.07, 6.45) is 3.35. The van der Waals surface area contributed by atoms with E-state index < -0.39 is 22.5 Å². The first-order valence-corrected chi connectivity index (χ1v) is 12.6. The Bertz CT molecular complexity index is 1210. The van der Waals surface area contributed by atoms with Crippen LogP contribution >= 0.6 is 23.4 Å². The molecule has 0 unspecified atom stereocenters. The summed E-state index contributed by atoms with van der Waals surface area (Å²) in [4.78, 5) is 13.6. The maximum absolute atomic E-state index is 13.4. The quantitative estimate of drug-likeness (QED) is 0.283. The molecule has 3 aromatic rings. The summed E-state index contributed by atoms with van der Waals surface area (Å²) in [5.74, 6) is -0.576. The van der Waals surface area contributed by atoms with Gasteiger partial charge in [0.05, 0.1) is 16.8 Å². The average Bonchev–Trinajstić information content (AvgIpc) is 2.78. The lowest BCUT2D eigenvalue weighted by atomic mass is 10.2. The molecular formula is C23H22ClN3O3S2. The molecule has 9 heteroatoms. The van der Waals surface area contributed by atoms with Gasteiger partial charge < -0.3 is 0 Å². The number of anilines is 1. The van der Waals surface area contributed by atoms with E-state index in [0.29, 0.717) is 16.3 Å². The lowest BCUT2D eigenvalue weighted by molar-refractivity contribution is -0.119. The zero-order chi connectivity index (χ0) is 23.1. The van der Waals surface area contributed by atoms with Gasteiger partial charge in [0.25, 0.3) is 15.9 Å². The fourth-order valence-corrected chi connectivity index (χ4v) is 4.86. The van der Waals surface area contributed by atoms with Gasteiger partial charge in [-0.1, -0.05) is 41.4 Å². The van der Waals surface area contributed by atoms with Crippen LogP contribution in [0.5, 0.6) is 0 Å². The number of nitrogens with zero attached hydrogens (tertiary/aromatic N) is 2. The molecule has 3 rings (SSSR count). The maximum Gasteiger partial charge on any atom is 0.264 e. The van der Waals surface area contributed by atoms with E-state index in [1.54, 1.807) is 60.7 Å². The Labute approximate surface area is 197 Å². The third kappa shape index (κ3) is 6.12. The minimum atomic E-state index is -3.98. The van der Waals surface area contributed by atoms with Gasteiger partial charge in [0.15, 0.2) is 0 Å². The van der Waals surface area contributed by atoms with Gasteiger partial charge in [0, 0.05) is 9.92 Å². The summed E-state index contributed by atoms with van der Waals surface area (Å²) in [6.45, 7) is 1.48. The second-order valence-corrected chi connectivity index (χ2v) is 10.0.